The molecule has 0 aliphatic rings. The van der Waals surface area contributed by atoms with E-state index >= 15 is 0 Å². The van der Waals surface area contributed by atoms with Gasteiger partial charge in [-0.2, -0.15) is 5.10 Å². The van der Waals surface area contributed by atoms with Crippen LogP contribution in [0.1, 0.15) is 38.8 Å². The molecule has 1 rings (SSSR count). The lowest BCUT2D eigenvalue weighted by atomic mass is 10.3. The molecule has 0 aliphatic heterocycles. The zero-order valence-electron chi connectivity index (χ0n) is 9.20. The minimum absolute atomic E-state index is 0.692. The maximum atomic E-state index is 5.49. The van der Waals surface area contributed by atoms with E-state index in [2.05, 4.69) is 18.9 Å². The van der Waals surface area contributed by atoms with Crippen LogP contribution in [0.2, 0.25) is 0 Å². The van der Waals surface area contributed by atoms with Crippen LogP contribution in [0.3, 0.4) is 0 Å². The van der Waals surface area contributed by atoms with Gasteiger partial charge in [0.1, 0.15) is 0 Å². The summed E-state index contributed by atoms with van der Waals surface area (Å²) in [6.45, 7) is 6.84. The number of aryl methyl sites for hydroxylation is 1. The van der Waals surface area contributed by atoms with Crippen molar-refractivity contribution in [3.63, 3.8) is 0 Å². The Labute approximate surface area is 86.1 Å². The van der Waals surface area contributed by atoms with Gasteiger partial charge in [-0.25, -0.2) is 0 Å². The SMILES string of the molecule is CCCCn1nccc1COCCC. The number of nitrogens with zero attached hydrogens (tertiary/aromatic N) is 2. The van der Waals surface area contributed by atoms with Crippen LogP contribution in [0.15, 0.2) is 12.3 Å². The molecule has 0 saturated carbocycles. The lowest BCUT2D eigenvalue weighted by molar-refractivity contribution is 0.115. The summed E-state index contributed by atoms with van der Waals surface area (Å²) in [5.74, 6) is 0. The number of unbranched alkanes of at least 4 members (excludes halogenated alkanes) is 1. The average molecular weight is 196 g/mol. The van der Waals surface area contributed by atoms with Crippen LogP contribution < -0.4 is 0 Å². The number of aromatic nitrogens is 2. The minimum atomic E-state index is 0.692. The number of hydrogen-bond donors (Lipinski definition) is 0. The lowest BCUT2D eigenvalue weighted by Crippen LogP contribution is -2.06. The fourth-order valence-electron chi connectivity index (χ4n) is 1.31. The normalized spacial score (nSPS) is 10.7. The van der Waals surface area contributed by atoms with E-state index in [0.717, 1.165) is 19.6 Å². The topological polar surface area (TPSA) is 27.1 Å². The zero-order valence-corrected chi connectivity index (χ0v) is 9.20. The van der Waals surface area contributed by atoms with Crippen LogP contribution in [-0.4, -0.2) is 16.4 Å². The van der Waals surface area contributed by atoms with E-state index in [0.29, 0.717) is 6.61 Å². The van der Waals surface area contributed by atoms with E-state index in [1.54, 1.807) is 0 Å². The van der Waals surface area contributed by atoms with Crippen molar-refractivity contribution in [2.24, 2.45) is 0 Å². The van der Waals surface area contributed by atoms with E-state index in [-0.39, 0.29) is 0 Å². The highest BCUT2D eigenvalue weighted by Gasteiger charge is 2.00. The molecule has 0 unspecified atom stereocenters. The van der Waals surface area contributed by atoms with Crippen LogP contribution >= 0.6 is 0 Å². The van der Waals surface area contributed by atoms with Crippen LogP contribution in [-0.2, 0) is 17.9 Å². The summed E-state index contributed by atoms with van der Waals surface area (Å²) >= 11 is 0. The van der Waals surface area contributed by atoms with E-state index in [1.807, 2.05) is 16.9 Å². The van der Waals surface area contributed by atoms with Crippen LogP contribution in [0.25, 0.3) is 0 Å². The quantitative estimate of drug-likeness (QED) is 0.627. The van der Waals surface area contributed by atoms with Gasteiger partial charge in [-0.1, -0.05) is 20.3 Å². The molecular formula is C11H20N2O. The molecule has 0 aliphatic carbocycles. The monoisotopic (exact) mass is 196 g/mol. The zero-order chi connectivity index (χ0) is 10.2. The first kappa shape index (κ1) is 11.2. The minimum Gasteiger partial charge on any atom is -0.375 e. The Hall–Kier alpha value is -0.830. The second-order valence-corrected chi connectivity index (χ2v) is 3.45. The van der Waals surface area contributed by atoms with Gasteiger partial charge in [-0.3, -0.25) is 4.68 Å². The van der Waals surface area contributed by atoms with Crippen LogP contribution in [0.4, 0.5) is 0 Å². The lowest BCUT2D eigenvalue weighted by Gasteiger charge is -2.06. The molecule has 14 heavy (non-hydrogen) atoms. The number of hydrogen-bond acceptors (Lipinski definition) is 2. The van der Waals surface area contributed by atoms with Gasteiger partial charge in [-0.05, 0) is 18.9 Å². The molecule has 0 atom stereocenters. The molecule has 0 amide bonds. The first-order valence-corrected chi connectivity index (χ1v) is 5.47. The molecule has 0 aromatic carbocycles. The van der Waals surface area contributed by atoms with Gasteiger partial charge in [-0.15, -0.1) is 0 Å². The fourth-order valence-corrected chi connectivity index (χ4v) is 1.31. The van der Waals surface area contributed by atoms with E-state index in [1.165, 1.54) is 18.5 Å². The molecule has 1 aromatic heterocycles. The third kappa shape index (κ3) is 3.50. The third-order valence-electron chi connectivity index (χ3n) is 2.13. The molecule has 0 spiro atoms. The molecular weight excluding hydrogens is 176 g/mol. The van der Waals surface area contributed by atoms with Crippen LogP contribution in [0, 0.1) is 0 Å². The largest absolute Gasteiger partial charge is 0.375 e. The second kappa shape index (κ2) is 6.60. The van der Waals surface area contributed by atoms with E-state index < -0.39 is 0 Å². The van der Waals surface area contributed by atoms with Crippen molar-refractivity contribution in [1.82, 2.24) is 9.78 Å². The maximum absolute atomic E-state index is 5.49. The average Bonchev–Trinajstić information content (AvgIpc) is 2.63. The Kier molecular flexibility index (Phi) is 5.30. The van der Waals surface area contributed by atoms with E-state index in [9.17, 15) is 0 Å². The van der Waals surface area contributed by atoms with Gasteiger partial charge in [0.05, 0.1) is 12.3 Å². The van der Waals surface area contributed by atoms with Gasteiger partial charge >= 0.3 is 0 Å². The summed E-state index contributed by atoms with van der Waals surface area (Å²) in [5.41, 5.74) is 1.19. The smallest absolute Gasteiger partial charge is 0.0884 e. The van der Waals surface area contributed by atoms with Crippen molar-refractivity contribution in [2.45, 2.75) is 46.3 Å². The molecule has 0 bridgehead atoms. The molecule has 80 valence electrons. The van der Waals surface area contributed by atoms with Crippen LogP contribution in [0.5, 0.6) is 0 Å². The molecule has 1 aromatic rings. The highest BCUT2D eigenvalue weighted by molar-refractivity contribution is 4.98. The Morgan fingerprint density at radius 3 is 2.93 bits per heavy atom. The molecule has 0 saturated heterocycles. The Morgan fingerprint density at radius 2 is 2.21 bits per heavy atom. The van der Waals surface area contributed by atoms with Gasteiger partial charge in [0.15, 0.2) is 0 Å². The Balaban J connectivity index is 2.37. The Morgan fingerprint density at radius 1 is 1.36 bits per heavy atom. The van der Waals surface area contributed by atoms with Crippen molar-refractivity contribution in [1.29, 1.82) is 0 Å². The molecule has 1 heterocycles. The van der Waals surface area contributed by atoms with Crippen molar-refractivity contribution < 1.29 is 4.74 Å². The highest BCUT2D eigenvalue weighted by Crippen LogP contribution is 2.03. The summed E-state index contributed by atoms with van der Waals surface area (Å²) in [6.07, 6.45) is 5.31. The van der Waals surface area contributed by atoms with Crippen molar-refractivity contribution >= 4 is 0 Å². The van der Waals surface area contributed by atoms with Crippen molar-refractivity contribution in [3.05, 3.63) is 18.0 Å². The number of rotatable bonds is 7. The summed E-state index contributed by atoms with van der Waals surface area (Å²) in [7, 11) is 0. The van der Waals surface area contributed by atoms with Gasteiger partial charge in [0.25, 0.3) is 0 Å². The van der Waals surface area contributed by atoms with Crippen molar-refractivity contribution in [3.8, 4) is 0 Å². The summed E-state index contributed by atoms with van der Waals surface area (Å²) in [5, 5.41) is 4.27. The molecule has 0 N–H and O–H groups in total. The van der Waals surface area contributed by atoms with Gasteiger partial charge in [0.2, 0.25) is 0 Å². The van der Waals surface area contributed by atoms with Gasteiger partial charge < -0.3 is 4.74 Å². The predicted molar refractivity (Wildman–Crippen MR) is 57.1 cm³/mol. The molecule has 0 fully saturated rings. The molecule has 3 heteroatoms. The second-order valence-electron chi connectivity index (χ2n) is 3.45. The molecule has 0 radical (unpaired) electrons. The third-order valence-corrected chi connectivity index (χ3v) is 2.13. The number of ether oxygens (including phenoxy) is 1. The maximum Gasteiger partial charge on any atom is 0.0884 e. The molecule has 3 nitrogen and oxygen atoms in total. The highest BCUT2D eigenvalue weighted by atomic mass is 16.5. The standard InChI is InChI=1S/C11H20N2O/c1-3-5-8-13-11(6-7-12-13)10-14-9-4-2/h6-7H,3-5,8-10H2,1-2H3. The first-order valence-electron chi connectivity index (χ1n) is 5.47. The summed E-state index contributed by atoms with van der Waals surface area (Å²) in [4.78, 5) is 0. The first-order chi connectivity index (χ1) is 6.88. The van der Waals surface area contributed by atoms with Crippen molar-refractivity contribution in [2.75, 3.05) is 6.61 Å². The fraction of sp³-hybridized carbons (Fsp3) is 0.727. The summed E-state index contributed by atoms with van der Waals surface area (Å²) < 4.78 is 7.53. The predicted octanol–water partition coefficient (Wildman–Crippen LogP) is 2.61. The summed E-state index contributed by atoms with van der Waals surface area (Å²) in [6, 6.07) is 2.03. The van der Waals surface area contributed by atoms with Gasteiger partial charge in [0, 0.05) is 19.3 Å². The Bertz CT molecular complexity index is 245. The van der Waals surface area contributed by atoms with E-state index in [4.69, 9.17) is 4.74 Å².